The van der Waals surface area contributed by atoms with E-state index in [1.807, 2.05) is 18.7 Å². The molecule has 0 saturated heterocycles. The van der Waals surface area contributed by atoms with Gasteiger partial charge in [0, 0.05) is 19.3 Å². The Hall–Kier alpha value is -1.80. The van der Waals surface area contributed by atoms with E-state index in [2.05, 4.69) is 11.1 Å². The highest BCUT2D eigenvalue weighted by Gasteiger charge is 2.15. The lowest BCUT2D eigenvalue weighted by Crippen LogP contribution is -2.29. The molecule has 1 N–H and O–H groups in total. The van der Waals surface area contributed by atoms with Gasteiger partial charge in [-0.25, -0.2) is 9.78 Å². The second kappa shape index (κ2) is 6.95. The van der Waals surface area contributed by atoms with Gasteiger partial charge in [0.05, 0.1) is 23.1 Å². The average molecular weight is 282 g/mol. The van der Waals surface area contributed by atoms with Crippen molar-refractivity contribution in [3.8, 4) is 6.07 Å². The van der Waals surface area contributed by atoms with Crippen molar-refractivity contribution in [1.29, 1.82) is 5.26 Å². The average Bonchev–Trinajstić information content (AvgIpc) is 2.34. The molecule has 1 heterocycles. The monoisotopic (exact) mass is 281 g/mol. The third-order valence-corrected chi connectivity index (χ3v) is 2.78. The van der Waals surface area contributed by atoms with Crippen molar-refractivity contribution >= 4 is 23.4 Å². The number of aromatic nitrogens is 1. The van der Waals surface area contributed by atoms with Gasteiger partial charge in [-0.05, 0) is 12.0 Å². The second-order valence-electron chi connectivity index (χ2n) is 4.58. The number of anilines is 1. The van der Waals surface area contributed by atoms with Crippen LogP contribution in [0.3, 0.4) is 0 Å². The van der Waals surface area contributed by atoms with Crippen molar-refractivity contribution in [2.75, 3.05) is 18.0 Å². The van der Waals surface area contributed by atoms with Gasteiger partial charge in [-0.2, -0.15) is 5.26 Å². The molecule has 0 saturated carbocycles. The number of halogens is 1. The summed E-state index contributed by atoms with van der Waals surface area (Å²) < 4.78 is 0. The summed E-state index contributed by atoms with van der Waals surface area (Å²) in [5.41, 5.74) is 0.0254. The van der Waals surface area contributed by atoms with E-state index in [0.29, 0.717) is 31.2 Å². The van der Waals surface area contributed by atoms with E-state index in [1.54, 1.807) is 0 Å². The Morgan fingerprint density at radius 2 is 2.32 bits per heavy atom. The molecule has 0 aliphatic carbocycles. The van der Waals surface area contributed by atoms with Crippen LogP contribution in [0.5, 0.6) is 0 Å². The molecular weight excluding hydrogens is 266 g/mol. The lowest BCUT2D eigenvalue weighted by atomic mass is 10.2. The molecule has 1 rings (SSSR count). The molecule has 1 aromatic rings. The summed E-state index contributed by atoms with van der Waals surface area (Å²) in [7, 11) is 0. The minimum Gasteiger partial charge on any atom is -0.478 e. The topological polar surface area (TPSA) is 77.2 Å². The van der Waals surface area contributed by atoms with E-state index in [0.717, 1.165) is 0 Å². The lowest BCUT2D eigenvalue weighted by molar-refractivity contribution is 0.0697. The summed E-state index contributed by atoms with van der Waals surface area (Å²) in [4.78, 5) is 17.1. The van der Waals surface area contributed by atoms with E-state index in [-0.39, 0.29) is 10.6 Å². The smallest absolute Gasteiger partial charge is 0.337 e. The fourth-order valence-electron chi connectivity index (χ4n) is 1.69. The van der Waals surface area contributed by atoms with Gasteiger partial charge >= 0.3 is 5.97 Å². The Morgan fingerprint density at radius 1 is 1.63 bits per heavy atom. The fraction of sp³-hybridized carbons (Fsp3) is 0.462. The van der Waals surface area contributed by atoms with Crippen LogP contribution in [0.2, 0.25) is 5.02 Å². The van der Waals surface area contributed by atoms with Crippen LogP contribution in [0.25, 0.3) is 0 Å². The maximum atomic E-state index is 11.0. The number of hydrogen-bond donors (Lipinski definition) is 1. The number of nitrogens with zero attached hydrogens (tertiary/aromatic N) is 3. The minimum absolute atomic E-state index is 0.0254. The third kappa shape index (κ3) is 4.42. The Labute approximate surface area is 117 Å². The maximum absolute atomic E-state index is 11.0. The molecule has 0 amide bonds. The number of carbonyl (C=O) groups is 1. The summed E-state index contributed by atoms with van der Waals surface area (Å²) in [6, 6.07) is 3.53. The first kappa shape index (κ1) is 15.3. The van der Waals surface area contributed by atoms with Crippen LogP contribution in [0.1, 0.15) is 30.6 Å². The van der Waals surface area contributed by atoms with Crippen molar-refractivity contribution in [3.05, 3.63) is 22.8 Å². The summed E-state index contributed by atoms with van der Waals surface area (Å²) in [5, 5.41) is 17.8. The number of rotatable bonds is 6. The van der Waals surface area contributed by atoms with Crippen molar-refractivity contribution in [2.24, 2.45) is 5.92 Å². The van der Waals surface area contributed by atoms with Crippen LogP contribution >= 0.6 is 11.6 Å². The number of nitriles is 1. The van der Waals surface area contributed by atoms with Gasteiger partial charge in [0.25, 0.3) is 0 Å². The molecule has 0 unspecified atom stereocenters. The van der Waals surface area contributed by atoms with E-state index in [4.69, 9.17) is 22.0 Å². The van der Waals surface area contributed by atoms with Gasteiger partial charge in [0.15, 0.2) is 0 Å². The Morgan fingerprint density at radius 3 is 2.84 bits per heavy atom. The standard InChI is InChI=1S/C13H16ClN3O2/c1-9(2)8-17(5-3-4-15)12-6-10(13(18)19)11(14)7-16-12/h6-7,9H,3,5,8H2,1-2H3,(H,18,19). The van der Waals surface area contributed by atoms with Crippen molar-refractivity contribution < 1.29 is 9.90 Å². The quantitative estimate of drug-likeness (QED) is 0.867. The highest BCUT2D eigenvalue weighted by atomic mass is 35.5. The zero-order valence-electron chi connectivity index (χ0n) is 10.9. The fourth-order valence-corrected chi connectivity index (χ4v) is 1.87. The summed E-state index contributed by atoms with van der Waals surface area (Å²) in [6.07, 6.45) is 1.69. The van der Waals surface area contributed by atoms with Crippen LogP contribution in [0.4, 0.5) is 5.82 Å². The first-order chi connectivity index (χ1) is 8.95. The van der Waals surface area contributed by atoms with E-state index in [9.17, 15) is 4.79 Å². The highest BCUT2D eigenvalue weighted by Crippen LogP contribution is 2.21. The Balaban J connectivity index is 3.04. The molecule has 0 radical (unpaired) electrons. The molecule has 0 atom stereocenters. The van der Waals surface area contributed by atoms with E-state index in [1.165, 1.54) is 12.3 Å². The number of carboxylic acid groups (broad SMARTS) is 1. The number of pyridine rings is 1. The molecule has 6 heteroatoms. The maximum Gasteiger partial charge on any atom is 0.337 e. The van der Waals surface area contributed by atoms with Gasteiger partial charge in [-0.15, -0.1) is 0 Å². The second-order valence-corrected chi connectivity index (χ2v) is 4.98. The normalized spacial score (nSPS) is 10.3. The number of carboxylic acids is 1. The van der Waals surface area contributed by atoms with Crippen LogP contribution in [0.15, 0.2) is 12.3 Å². The van der Waals surface area contributed by atoms with Gasteiger partial charge in [-0.3, -0.25) is 0 Å². The minimum atomic E-state index is -1.08. The lowest BCUT2D eigenvalue weighted by Gasteiger charge is -2.25. The third-order valence-electron chi connectivity index (χ3n) is 2.47. The molecular formula is C13H16ClN3O2. The largest absolute Gasteiger partial charge is 0.478 e. The summed E-state index contributed by atoms with van der Waals surface area (Å²) in [6.45, 7) is 5.32. The summed E-state index contributed by atoms with van der Waals surface area (Å²) in [5.74, 6) is -0.173. The van der Waals surface area contributed by atoms with E-state index < -0.39 is 5.97 Å². The predicted octanol–water partition coefficient (Wildman–Crippen LogP) is 2.81. The van der Waals surface area contributed by atoms with Gasteiger partial charge in [-0.1, -0.05) is 25.4 Å². The SMILES string of the molecule is CC(C)CN(CCC#N)c1cc(C(=O)O)c(Cl)cn1. The molecule has 0 bridgehead atoms. The molecule has 0 spiro atoms. The van der Waals surface area contributed by atoms with Crippen LogP contribution < -0.4 is 4.90 Å². The zero-order valence-corrected chi connectivity index (χ0v) is 11.7. The van der Waals surface area contributed by atoms with Gasteiger partial charge in [0.1, 0.15) is 5.82 Å². The molecule has 0 aliphatic heterocycles. The molecule has 5 nitrogen and oxygen atoms in total. The number of aromatic carboxylic acids is 1. The summed E-state index contributed by atoms with van der Waals surface area (Å²) >= 11 is 5.79. The van der Waals surface area contributed by atoms with Crippen LogP contribution in [-0.2, 0) is 0 Å². The molecule has 0 aliphatic rings. The Kier molecular flexibility index (Phi) is 5.58. The zero-order chi connectivity index (χ0) is 14.4. The first-order valence-electron chi connectivity index (χ1n) is 5.96. The van der Waals surface area contributed by atoms with Crippen molar-refractivity contribution in [2.45, 2.75) is 20.3 Å². The number of hydrogen-bond acceptors (Lipinski definition) is 4. The molecule has 0 fully saturated rings. The van der Waals surface area contributed by atoms with Crippen molar-refractivity contribution in [3.63, 3.8) is 0 Å². The predicted molar refractivity (Wildman–Crippen MR) is 73.5 cm³/mol. The molecule has 102 valence electrons. The highest BCUT2D eigenvalue weighted by molar-refractivity contribution is 6.33. The molecule has 1 aromatic heterocycles. The van der Waals surface area contributed by atoms with Gasteiger partial charge < -0.3 is 10.0 Å². The van der Waals surface area contributed by atoms with Crippen molar-refractivity contribution in [1.82, 2.24) is 4.98 Å². The Bertz CT molecular complexity index is 497. The molecule has 0 aromatic carbocycles. The molecule has 19 heavy (non-hydrogen) atoms. The van der Waals surface area contributed by atoms with Crippen LogP contribution in [0, 0.1) is 17.2 Å². The van der Waals surface area contributed by atoms with Crippen LogP contribution in [-0.4, -0.2) is 29.1 Å². The first-order valence-corrected chi connectivity index (χ1v) is 6.34. The van der Waals surface area contributed by atoms with Gasteiger partial charge in [0.2, 0.25) is 0 Å². The van der Waals surface area contributed by atoms with E-state index >= 15 is 0 Å².